The normalized spacial score (nSPS) is 15.2. The highest BCUT2D eigenvalue weighted by atomic mass is 19.1. The number of aromatic nitrogens is 4. The van der Waals surface area contributed by atoms with Gasteiger partial charge >= 0.3 is 12.2 Å². The van der Waals surface area contributed by atoms with E-state index in [-0.39, 0.29) is 31.4 Å². The predicted molar refractivity (Wildman–Crippen MR) is 144 cm³/mol. The third-order valence-corrected chi connectivity index (χ3v) is 6.37. The summed E-state index contributed by atoms with van der Waals surface area (Å²) in [7, 11) is 0. The Morgan fingerprint density at radius 1 is 1.15 bits per heavy atom. The number of carbonyl (C=O) groups excluding carboxylic acids is 3. The van der Waals surface area contributed by atoms with Crippen LogP contribution in [0, 0.1) is 5.82 Å². The lowest BCUT2D eigenvalue weighted by Gasteiger charge is -2.17. The molecule has 0 spiro atoms. The van der Waals surface area contributed by atoms with E-state index in [0.717, 1.165) is 5.56 Å². The van der Waals surface area contributed by atoms with Crippen LogP contribution in [0.25, 0.3) is 11.1 Å². The number of cyclic esters (lactones) is 1. The van der Waals surface area contributed by atoms with Gasteiger partial charge < -0.3 is 20.1 Å². The van der Waals surface area contributed by atoms with E-state index in [9.17, 15) is 14.4 Å². The van der Waals surface area contributed by atoms with Crippen LogP contribution in [-0.4, -0.2) is 57.9 Å². The molecule has 5 rings (SSSR count). The molecule has 1 saturated heterocycles. The summed E-state index contributed by atoms with van der Waals surface area (Å²) in [5.41, 5.74) is 2.68. The molecule has 3 N–H and O–H groups in total. The molecule has 2 heterocycles. The first-order valence-electron chi connectivity index (χ1n) is 12.7. The SMILES string of the molecule is CC(=O)NCC1CN(c2ccc(-c3ccc(C(NC(=O)OCc4ccccc4)c4nn[nH]n4)cc3)c(F)c2)C(=O)O1. The van der Waals surface area contributed by atoms with Crippen LogP contribution in [0.15, 0.2) is 72.8 Å². The molecule has 12 nitrogen and oxygen atoms in total. The maximum absolute atomic E-state index is 15.2. The number of aromatic amines is 1. The minimum absolute atomic E-state index is 0.0883. The Bertz CT molecular complexity index is 1520. The number of H-pyrrole nitrogens is 1. The highest BCUT2D eigenvalue weighted by Gasteiger charge is 2.32. The number of hydrogen-bond acceptors (Lipinski definition) is 8. The van der Waals surface area contributed by atoms with Gasteiger partial charge in [0.15, 0.2) is 0 Å². The number of ether oxygens (including phenoxy) is 2. The van der Waals surface area contributed by atoms with Crippen molar-refractivity contribution in [2.75, 3.05) is 18.0 Å². The van der Waals surface area contributed by atoms with Gasteiger partial charge in [0, 0.05) is 12.5 Å². The Labute approximate surface area is 233 Å². The summed E-state index contributed by atoms with van der Waals surface area (Å²) in [4.78, 5) is 37.3. The van der Waals surface area contributed by atoms with Gasteiger partial charge in [0.05, 0.1) is 18.8 Å². The van der Waals surface area contributed by atoms with E-state index in [2.05, 4.69) is 31.3 Å². The van der Waals surface area contributed by atoms with Gasteiger partial charge in [-0.05, 0) is 34.9 Å². The fraction of sp³-hybridized carbons (Fsp3) is 0.214. The van der Waals surface area contributed by atoms with E-state index in [1.54, 1.807) is 36.4 Å². The molecule has 0 aliphatic carbocycles. The number of halogens is 1. The molecule has 41 heavy (non-hydrogen) atoms. The Kier molecular flexibility index (Phi) is 8.13. The highest BCUT2D eigenvalue weighted by Crippen LogP contribution is 2.30. The fourth-order valence-electron chi connectivity index (χ4n) is 4.33. The van der Waals surface area contributed by atoms with E-state index < -0.39 is 30.1 Å². The van der Waals surface area contributed by atoms with Crippen LogP contribution >= 0.6 is 0 Å². The molecule has 0 saturated carbocycles. The molecule has 0 bridgehead atoms. The van der Waals surface area contributed by atoms with E-state index in [1.807, 2.05) is 30.3 Å². The van der Waals surface area contributed by atoms with Gasteiger partial charge in [-0.3, -0.25) is 9.69 Å². The Balaban J connectivity index is 1.28. The van der Waals surface area contributed by atoms with Crippen molar-refractivity contribution in [2.45, 2.75) is 25.7 Å². The molecule has 1 fully saturated rings. The van der Waals surface area contributed by atoms with Crippen molar-refractivity contribution in [1.82, 2.24) is 31.3 Å². The molecule has 1 aliphatic heterocycles. The smallest absolute Gasteiger partial charge is 0.414 e. The fourth-order valence-corrected chi connectivity index (χ4v) is 4.33. The molecule has 1 aromatic heterocycles. The maximum Gasteiger partial charge on any atom is 0.414 e. The van der Waals surface area contributed by atoms with Crippen molar-refractivity contribution in [3.05, 3.63) is 95.6 Å². The van der Waals surface area contributed by atoms with Crippen molar-refractivity contribution in [3.63, 3.8) is 0 Å². The molecular formula is C28H26FN7O5. The average Bonchev–Trinajstić information content (AvgIpc) is 3.64. The number of alkyl carbamates (subject to hydrolysis) is 1. The second-order valence-corrected chi connectivity index (χ2v) is 9.25. The molecule has 2 unspecified atom stereocenters. The highest BCUT2D eigenvalue weighted by molar-refractivity contribution is 5.90. The predicted octanol–water partition coefficient (Wildman–Crippen LogP) is 3.48. The summed E-state index contributed by atoms with van der Waals surface area (Å²) < 4.78 is 25.8. The second-order valence-electron chi connectivity index (χ2n) is 9.25. The summed E-state index contributed by atoms with van der Waals surface area (Å²) in [5.74, 6) is -0.548. The largest absolute Gasteiger partial charge is 0.445 e. The summed E-state index contributed by atoms with van der Waals surface area (Å²) in [6.45, 7) is 1.82. The van der Waals surface area contributed by atoms with Gasteiger partial charge in [0.25, 0.3) is 0 Å². The lowest BCUT2D eigenvalue weighted by atomic mass is 9.99. The zero-order valence-corrected chi connectivity index (χ0v) is 21.9. The molecule has 3 amide bonds. The number of tetrazole rings is 1. The topological polar surface area (TPSA) is 151 Å². The Morgan fingerprint density at radius 3 is 2.61 bits per heavy atom. The molecule has 3 aromatic carbocycles. The van der Waals surface area contributed by atoms with Gasteiger partial charge in [-0.25, -0.2) is 14.0 Å². The Morgan fingerprint density at radius 2 is 1.93 bits per heavy atom. The van der Waals surface area contributed by atoms with Crippen molar-refractivity contribution < 1.29 is 28.2 Å². The van der Waals surface area contributed by atoms with Gasteiger partial charge in [0.1, 0.15) is 24.6 Å². The van der Waals surface area contributed by atoms with Crippen LogP contribution in [-0.2, 0) is 20.9 Å². The molecular weight excluding hydrogens is 533 g/mol. The lowest BCUT2D eigenvalue weighted by Crippen LogP contribution is -2.33. The summed E-state index contributed by atoms with van der Waals surface area (Å²) in [5, 5.41) is 19.3. The molecule has 1 aliphatic rings. The third kappa shape index (κ3) is 6.64. The summed E-state index contributed by atoms with van der Waals surface area (Å²) in [6.07, 6.45) is -1.81. The van der Waals surface area contributed by atoms with Crippen molar-refractivity contribution >= 4 is 23.8 Å². The van der Waals surface area contributed by atoms with Crippen LogP contribution in [0.1, 0.15) is 29.9 Å². The first-order chi connectivity index (χ1) is 19.9. The van der Waals surface area contributed by atoms with Gasteiger partial charge in [-0.2, -0.15) is 5.21 Å². The molecule has 13 heteroatoms. The van der Waals surface area contributed by atoms with E-state index in [0.29, 0.717) is 22.4 Å². The number of anilines is 1. The lowest BCUT2D eigenvalue weighted by molar-refractivity contribution is -0.119. The van der Waals surface area contributed by atoms with Crippen molar-refractivity contribution in [2.24, 2.45) is 0 Å². The maximum atomic E-state index is 15.2. The van der Waals surface area contributed by atoms with Crippen LogP contribution in [0.4, 0.5) is 19.7 Å². The number of amides is 3. The first-order valence-corrected chi connectivity index (χ1v) is 12.7. The first kappa shape index (κ1) is 27.2. The van der Waals surface area contributed by atoms with Crippen LogP contribution in [0.5, 0.6) is 0 Å². The molecule has 2 atom stereocenters. The number of hydrogen-bond donors (Lipinski definition) is 3. The van der Waals surface area contributed by atoms with Gasteiger partial charge in [-0.1, -0.05) is 59.8 Å². The minimum Gasteiger partial charge on any atom is -0.445 e. The second kappa shape index (κ2) is 12.2. The van der Waals surface area contributed by atoms with Crippen LogP contribution in [0.2, 0.25) is 0 Å². The molecule has 0 radical (unpaired) electrons. The molecule has 4 aromatic rings. The van der Waals surface area contributed by atoms with Crippen LogP contribution < -0.4 is 15.5 Å². The third-order valence-electron chi connectivity index (χ3n) is 6.37. The number of benzene rings is 3. The number of rotatable bonds is 9. The monoisotopic (exact) mass is 559 g/mol. The number of nitrogens with zero attached hydrogens (tertiary/aromatic N) is 4. The quantitative estimate of drug-likeness (QED) is 0.282. The summed E-state index contributed by atoms with van der Waals surface area (Å²) >= 11 is 0. The van der Waals surface area contributed by atoms with Gasteiger partial charge in [0.2, 0.25) is 11.7 Å². The van der Waals surface area contributed by atoms with Crippen LogP contribution in [0.3, 0.4) is 0 Å². The number of carbonyl (C=O) groups is 3. The minimum atomic E-state index is -0.773. The Hall–Kier alpha value is -5.33. The zero-order chi connectivity index (χ0) is 28.8. The van der Waals surface area contributed by atoms with E-state index in [1.165, 1.54) is 17.9 Å². The molecule has 210 valence electrons. The summed E-state index contributed by atoms with van der Waals surface area (Å²) in [6, 6.07) is 19.8. The standard InChI is InChI=1S/C28H26FN7O5/c1-17(37)30-14-22-15-36(28(39)41-22)21-11-12-23(24(29)13-21)19-7-9-20(10-8-19)25(26-32-34-35-33-26)31-27(38)40-16-18-5-3-2-4-6-18/h2-13,22,25H,14-16H2,1H3,(H,30,37)(H,31,38)(H,32,33,34,35). The van der Waals surface area contributed by atoms with Crippen molar-refractivity contribution in [1.29, 1.82) is 0 Å². The average molecular weight is 560 g/mol. The number of nitrogens with one attached hydrogen (secondary N) is 3. The van der Waals surface area contributed by atoms with E-state index >= 15 is 4.39 Å². The van der Waals surface area contributed by atoms with Gasteiger partial charge in [-0.15, -0.1) is 10.2 Å². The zero-order valence-electron chi connectivity index (χ0n) is 21.9. The van der Waals surface area contributed by atoms with E-state index in [4.69, 9.17) is 9.47 Å². The van der Waals surface area contributed by atoms with Crippen molar-refractivity contribution in [3.8, 4) is 11.1 Å².